The number of carbonyl (C=O) groups excluding carboxylic acids is 1. The van der Waals surface area contributed by atoms with Crippen LogP contribution in [0.1, 0.15) is 18.1 Å². The lowest BCUT2D eigenvalue weighted by Gasteiger charge is -2.10. The molecule has 2 rings (SSSR count). The van der Waals surface area contributed by atoms with E-state index < -0.39 is 10.0 Å². The van der Waals surface area contributed by atoms with E-state index in [9.17, 15) is 13.2 Å². The molecule has 2 aromatic carbocycles. The summed E-state index contributed by atoms with van der Waals surface area (Å²) >= 11 is 0. The highest BCUT2D eigenvalue weighted by Crippen LogP contribution is 2.18. The first-order chi connectivity index (χ1) is 11.4. The molecule has 0 aliphatic carbocycles. The van der Waals surface area contributed by atoms with E-state index in [4.69, 9.17) is 9.88 Å². The zero-order valence-corrected chi connectivity index (χ0v) is 14.2. The second-order valence-corrected chi connectivity index (χ2v) is 6.92. The largest absolute Gasteiger partial charge is 0.483 e. The van der Waals surface area contributed by atoms with Gasteiger partial charge in [0, 0.05) is 5.69 Å². The molecule has 0 fully saturated rings. The maximum Gasteiger partial charge on any atom is 0.262 e. The number of hydrogen-bond donors (Lipinski definition) is 2. The number of rotatable bonds is 7. The maximum absolute atomic E-state index is 11.9. The van der Waals surface area contributed by atoms with E-state index in [1.165, 1.54) is 0 Å². The van der Waals surface area contributed by atoms with Crippen molar-refractivity contribution < 1.29 is 17.9 Å². The van der Waals surface area contributed by atoms with Crippen LogP contribution in [-0.2, 0) is 27.0 Å². The lowest BCUT2D eigenvalue weighted by molar-refractivity contribution is -0.118. The van der Waals surface area contributed by atoms with Crippen molar-refractivity contribution >= 4 is 21.6 Å². The molecule has 0 saturated carbocycles. The van der Waals surface area contributed by atoms with Gasteiger partial charge in [-0.15, -0.1) is 0 Å². The molecule has 0 atom stereocenters. The van der Waals surface area contributed by atoms with Gasteiger partial charge in [-0.25, -0.2) is 13.6 Å². The van der Waals surface area contributed by atoms with Crippen LogP contribution in [-0.4, -0.2) is 20.9 Å². The van der Waals surface area contributed by atoms with Crippen LogP contribution in [0.4, 0.5) is 5.69 Å². The average molecular weight is 348 g/mol. The zero-order valence-electron chi connectivity index (χ0n) is 13.4. The molecule has 2 aromatic rings. The number of sulfonamides is 1. The van der Waals surface area contributed by atoms with Gasteiger partial charge < -0.3 is 10.1 Å². The normalized spacial score (nSPS) is 11.1. The molecular weight excluding hydrogens is 328 g/mol. The Labute approximate surface area is 141 Å². The summed E-state index contributed by atoms with van der Waals surface area (Å²) in [6.45, 7) is 1.92. The first-order valence-corrected chi connectivity index (χ1v) is 9.19. The zero-order chi connectivity index (χ0) is 17.6. The summed E-state index contributed by atoms with van der Waals surface area (Å²) in [5, 5.41) is 7.69. The van der Waals surface area contributed by atoms with Crippen molar-refractivity contribution in [1.29, 1.82) is 0 Å². The summed E-state index contributed by atoms with van der Waals surface area (Å²) in [6, 6.07) is 14.0. The van der Waals surface area contributed by atoms with Crippen molar-refractivity contribution in [1.82, 2.24) is 0 Å². The Kier molecular flexibility index (Phi) is 5.94. The highest BCUT2D eigenvalue weighted by Gasteiger charge is 2.08. The maximum atomic E-state index is 11.9. The molecule has 0 heterocycles. The summed E-state index contributed by atoms with van der Waals surface area (Å²) in [5.74, 6) is 0.164. The second-order valence-electron chi connectivity index (χ2n) is 5.30. The first-order valence-electron chi connectivity index (χ1n) is 7.47. The monoisotopic (exact) mass is 348 g/mol. The predicted octanol–water partition coefficient (Wildman–Crippen LogP) is 2.05. The Hall–Kier alpha value is -2.38. The van der Waals surface area contributed by atoms with Crippen molar-refractivity contribution in [3.63, 3.8) is 0 Å². The quantitative estimate of drug-likeness (QED) is 0.800. The Bertz CT molecular complexity index is 802. The van der Waals surface area contributed by atoms with Gasteiger partial charge in [0.05, 0.1) is 5.75 Å². The molecule has 0 saturated heterocycles. The molecule has 0 aliphatic heterocycles. The summed E-state index contributed by atoms with van der Waals surface area (Å²) in [5.41, 5.74) is 2.16. The van der Waals surface area contributed by atoms with Crippen LogP contribution < -0.4 is 15.2 Å². The van der Waals surface area contributed by atoms with Gasteiger partial charge in [-0.1, -0.05) is 37.3 Å². The highest BCUT2D eigenvalue weighted by molar-refractivity contribution is 7.88. The fourth-order valence-corrected chi connectivity index (χ4v) is 2.85. The molecule has 0 radical (unpaired) electrons. The average Bonchev–Trinajstić information content (AvgIpc) is 2.53. The van der Waals surface area contributed by atoms with E-state index in [2.05, 4.69) is 5.32 Å². The van der Waals surface area contributed by atoms with E-state index in [0.29, 0.717) is 17.0 Å². The molecule has 0 aliphatic rings. The number of amides is 1. The molecule has 24 heavy (non-hydrogen) atoms. The third-order valence-corrected chi connectivity index (χ3v) is 4.05. The molecule has 6 nitrogen and oxygen atoms in total. The van der Waals surface area contributed by atoms with Gasteiger partial charge in [0.1, 0.15) is 5.75 Å². The molecule has 7 heteroatoms. The number of primary sulfonamides is 1. The third kappa shape index (κ3) is 5.68. The number of nitrogens with two attached hydrogens (primary N) is 1. The highest BCUT2D eigenvalue weighted by atomic mass is 32.2. The van der Waals surface area contributed by atoms with Crippen LogP contribution in [0.25, 0.3) is 0 Å². The second kappa shape index (κ2) is 7.94. The van der Waals surface area contributed by atoms with Gasteiger partial charge >= 0.3 is 0 Å². The topological polar surface area (TPSA) is 98.5 Å². The number of carbonyl (C=O) groups is 1. The van der Waals surface area contributed by atoms with Crippen LogP contribution in [0.3, 0.4) is 0 Å². The van der Waals surface area contributed by atoms with Crippen molar-refractivity contribution in [2.24, 2.45) is 5.14 Å². The number of nitrogens with one attached hydrogen (secondary N) is 1. The predicted molar refractivity (Wildman–Crippen MR) is 93.2 cm³/mol. The molecule has 3 N–H and O–H groups in total. The van der Waals surface area contributed by atoms with Gasteiger partial charge in [-0.3, -0.25) is 4.79 Å². The summed E-state index contributed by atoms with van der Waals surface area (Å²) in [7, 11) is -3.57. The first kappa shape index (κ1) is 18.0. The van der Waals surface area contributed by atoms with Gasteiger partial charge in [0.25, 0.3) is 5.91 Å². The minimum Gasteiger partial charge on any atom is -0.483 e. The van der Waals surface area contributed by atoms with E-state index in [1.807, 2.05) is 31.2 Å². The Balaban J connectivity index is 1.90. The standard InChI is InChI=1S/C17H20N2O4S/c1-2-14-5-3-4-6-16(14)23-11-17(20)19-15-9-7-13(8-10-15)12-24(18,21)22/h3-10H,2,11-12H2,1H3,(H,19,20)(H2,18,21,22). The minimum atomic E-state index is -3.57. The van der Waals surface area contributed by atoms with E-state index in [0.717, 1.165) is 12.0 Å². The van der Waals surface area contributed by atoms with Crippen LogP contribution in [0.15, 0.2) is 48.5 Å². The third-order valence-electron chi connectivity index (χ3n) is 3.32. The number of benzene rings is 2. The van der Waals surface area contributed by atoms with Gasteiger partial charge in [0.15, 0.2) is 6.61 Å². The molecule has 0 aromatic heterocycles. The summed E-state index contributed by atoms with van der Waals surface area (Å²) in [4.78, 5) is 11.9. The number of para-hydroxylation sites is 1. The number of anilines is 1. The molecule has 128 valence electrons. The summed E-state index contributed by atoms with van der Waals surface area (Å²) in [6.07, 6.45) is 0.823. The van der Waals surface area contributed by atoms with Crippen molar-refractivity contribution in [3.8, 4) is 5.75 Å². The number of ether oxygens (including phenoxy) is 1. The minimum absolute atomic E-state index is 0.101. The fraction of sp³-hybridized carbons (Fsp3) is 0.235. The summed E-state index contributed by atoms with van der Waals surface area (Å²) < 4.78 is 27.6. The van der Waals surface area contributed by atoms with Gasteiger partial charge in [-0.05, 0) is 35.7 Å². The molecule has 0 bridgehead atoms. The van der Waals surface area contributed by atoms with Crippen molar-refractivity contribution in [2.75, 3.05) is 11.9 Å². The van der Waals surface area contributed by atoms with Crippen LogP contribution in [0.2, 0.25) is 0 Å². The van der Waals surface area contributed by atoms with E-state index in [-0.39, 0.29) is 18.3 Å². The molecule has 1 amide bonds. The SMILES string of the molecule is CCc1ccccc1OCC(=O)Nc1ccc(CS(N)(=O)=O)cc1. The van der Waals surface area contributed by atoms with Crippen LogP contribution >= 0.6 is 0 Å². The Morgan fingerprint density at radius 3 is 2.42 bits per heavy atom. The van der Waals surface area contributed by atoms with Crippen LogP contribution in [0.5, 0.6) is 5.75 Å². The lowest BCUT2D eigenvalue weighted by atomic mass is 10.1. The van der Waals surface area contributed by atoms with Gasteiger partial charge in [-0.2, -0.15) is 0 Å². The molecule has 0 unspecified atom stereocenters. The molecule has 0 spiro atoms. The number of aryl methyl sites for hydroxylation is 1. The lowest BCUT2D eigenvalue weighted by Crippen LogP contribution is -2.20. The van der Waals surface area contributed by atoms with Gasteiger partial charge in [0.2, 0.25) is 10.0 Å². The van der Waals surface area contributed by atoms with Crippen molar-refractivity contribution in [3.05, 3.63) is 59.7 Å². The Morgan fingerprint density at radius 1 is 1.12 bits per heavy atom. The fourth-order valence-electron chi connectivity index (χ4n) is 2.19. The van der Waals surface area contributed by atoms with Crippen molar-refractivity contribution in [2.45, 2.75) is 19.1 Å². The van der Waals surface area contributed by atoms with Crippen LogP contribution in [0, 0.1) is 0 Å². The Morgan fingerprint density at radius 2 is 1.79 bits per heavy atom. The van der Waals surface area contributed by atoms with E-state index in [1.54, 1.807) is 24.3 Å². The number of hydrogen-bond acceptors (Lipinski definition) is 4. The molecular formula is C17H20N2O4S. The van der Waals surface area contributed by atoms with E-state index >= 15 is 0 Å². The smallest absolute Gasteiger partial charge is 0.262 e.